The fraction of sp³-hybridized carbons (Fsp3) is 0.333. The van der Waals surface area contributed by atoms with Gasteiger partial charge in [0.15, 0.2) is 0 Å². The Balaban J connectivity index is 0.000000277. The van der Waals surface area contributed by atoms with Crippen LogP contribution in [0, 0.1) is 5.82 Å². The number of aromatic amines is 1. The van der Waals surface area contributed by atoms with Gasteiger partial charge < -0.3 is 20.7 Å². The van der Waals surface area contributed by atoms with Crippen LogP contribution in [0.2, 0.25) is 0 Å². The number of fused-ring (bicyclic) bond motifs is 1. The molecule has 1 aliphatic rings. The van der Waals surface area contributed by atoms with Crippen molar-refractivity contribution in [3.05, 3.63) is 35.8 Å². The van der Waals surface area contributed by atoms with Crippen LogP contribution in [-0.2, 0) is 4.79 Å². The number of aliphatic carboxylic acids is 1. The molecule has 0 radical (unpaired) electrons. The highest BCUT2D eigenvalue weighted by Crippen LogP contribution is 2.18. The molecule has 1 aliphatic heterocycles. The Hall–Kier alpha value is -2.62. The maximum absolute atomic E-state index is 13.5. The zero-order valence-electron chi connectivity index (χ0n) is 12.8. The highest BCUT2D eigenvalue weighted by Gasteiger charge is 2.38. The SMILES string of the molecule is O=C(N[C@H]1CCNC1)c1cc2cccc(F)c2[nH]1.O=C(O)C(F)(F)F. The summed E-state index contributed by atoms with van der Waals surface area (Å²) < 4.78 is 45.2. The Kier molecular flexibility index (Phi) is 5.62. The van der Waals surface area contributed by atoms with Gasteiger partial charge in [0.2, 0.25) is 0 Å². The summed E-state index contributed by atoms with van der Waals surface area (Å²) in [5.41, 5.74) is 0.786. The minimum Gasteiger partial charge on any atom is -0.475 e. The number of nitrogens with one attached hydrogen (secondary N) is 3. The Morgan fingerprint density at radius 2 is 1.96 bits per heavy atom. The van der Waals surface area contributed by atoms with Crippen molar-refractivity contribution in [3.8, 4) is 0 Å². The lowest BCUT2D eigenvalue weighted by atomic mass is 10.2. The first kappa shape index (κ1) is 18.7. The summed E-state index contributed by atoms with van der Waals surface area (Å²) in [5.74, 6) is -3.28. The predicted molar refractivity (Wildman–Crippen MR) is 80.7 cm³/mol. The number of benzene rings is 1. The van der Waals surface area contributed by atoms with Gasteiger partial charge in [-0.15, -0.1) is 0 Å². The van der Waals surface area contributed by atoms with Crippen molar-refractivity contribution in [2.24, 2.45) is 0 Å². The first-order valence-electron chi connectivity index (χ1n) is 7.27. The first-order chi connectivity index (χ1) is 11.7. The number of H-pyrrole nitrogens is 1. The number of amides is 1. The molecule has 1 saturated heterocycles. The number of hydrogen-bond donors (Lipinski definition) is 4. The van der Waals surface area contributed by atoms with Gasteiger partial charge in [-0.05, 0) is 25.1 Å². The third-order valence-electron chi connectivity index (χ3n) is 3.49. The fourth-order valence-corrected chi connectivity index (χ4v) is 2.28. The van der Waals surface area contributed by atoms with Crippen molar-refractivity contribution in [1.82, 2.24) is 15.6 Å². The van der Waals surface area contributed by atoms with Crippen molar-refractivity contribution in [2.45, 2.75) is 18.6 Å². The van der Waals surface area contributed by atoms with Crippen LogP contribution in [0.25, 0.3) is 10.9 Å². The van der Waals surface area contributed by atoms with E-state index >= 15 is 0 Å². The standard InChI is InChI=1S/C13H14FN3O.C2HF3O2/c14-10-3-1-2-8-6-11(17-12(8)10)13(18)16-9-4-5-15-7-9;3-2(4,5)1(6)7/h1-3,6,9,15,17H,4-5,7H2,(H,16,18);(H,6,7)/t9-;/m0./s1. The molecule has 1 fully saturated rings. The number of aromatic nitrogens is 1. The Morgan fingerprint density at radius 3 is 2.48 bits per heavy atom. The topological polar surface area (TPSA) is 94.2 Å². The number of hydrogen-bond acceptors (Lipinski definition) is 3. The Bertz CT molecular complexity index is 767. The maximum Gasteiger partial charge on any atom is 0.490 e. The number of carboxylic acids is 1. The zero-order chi connectivity index (χ0) is 18.6. The molecule has 0 saturated carbocycles. The van der Waals surface area contributed by atoms with E-state index in [0.29, 0.717) is 16.6 Å². The summed E-state index contributed by atoms with van der Waals surface area (Å²) in [4.78, 5) is 23.7. The predicted octanol–water partition coefficient (Wildman–Crippen LogP) is 2.03. The van der Waals surface area contributed by atoms with Crippen LogP contribution in [0.4, 0.5) is 17.6 Å². The molecule has 6 nitrogen and oxygen atoms in total. The molecule has 4 N–H and O–H groups in total. The summed E-state index contributed by atoms with van der Waals surface area (Å²) >= 11 is 0. The summed E-state index contributed by atoms with van der Waals surface area (Å²) in [6.07, 6.45) is -4.15. The van der Waals surface area contributed by atoms with Crippen LogP contribution in [0.15, 0.2) is 24.3 Å². The summed E-state index contributed by atoms with van der Waals surface area (Å²) in [7, 11) is 0. The van der Waals surface area contributed by atoms with Crippen LogP contribution in [0.1, 0.15) is 16.9 Å². The van der Waals surface area contributed by atoms with Crippen molar-refractivity contribution in [2.75, 3.05) is 13.1 Å². The maximum atomic E-state index is 13.5. The van der Waals surface area contributed by atoms with Crippen LogP contribution in [0.5, 0.6) is 0 Å². The average Bonchev–Trinajstić information content (AvgIpc) is 3.16. The monoisotopic (exact) mass is 361 g/mol. The molecule has 2 aromatic rings. The molecule has 1 aromatic carbocycles. The van der Waals surface area contributed by atoms with Crippen molar-refractivity contribution in [3.63, 3.8) is 0 Å². The van der Waals surface area contributed by atoms with E-state index in [4.69, 9.17) is 9.90 Å². The van der Waals surface area contributed by atoms with Gasteiger partial charge in [-0.1, -0.05) is 12.1 Å². The van der Waals surface area contributed by atoms with Gasteiger partial charge in [0.05, 0.1) is 5.52 Å². The van der Waals surface area contributed by atoms with Gasteiger partial charge in [0.1, 0.15) is 11.5 Å². The van der Waals surface area contributed by atoms with E-state index in [9.17, 15) is 22.4 Å². The van der Waals surface area contributed by atoms with E-state index in [1.165, 1.54) is 6.07 Å². The molecule has 136 valence electrons. The summed E-state index contributed by atoms with van der Waals surface area (Å²) in [6, 6.07) is 6.63. The molecule has 1 atom stereocenters. The highest BCUT2D eigenvalue weighted by atomic mass is 19.4. The molecule has 0 spiro atoms. The molecule has 1 amide bonds. The van der Waals surface area contributed by atoms with Crippen LogP contribution in [-0.4, -0.2) is 47.3 Å². The second kappa shape index (κ2) is 7.51. The highest BCUT2D eigenvalue weighted by molar-refractivity contribution is 5.98. The largest absolute Gasteiger partial charge is 0.490 e. The summed E-state index contributed by atoms with van der Waals surface area (Å²) in [5, 5.41) is 13.9. The normalized spacial score (nSPS) is 17.0. The van der Waals surface area contributed by atoms with Gasteiger partial charge in [-0.2, -0.15) is 13.2 Å². The number of alkyl halides is 3. The van der Waals surface area contributed by atoms with Crippen LogP contribution >= 0.6 is 0 Å². The minimum atomic E-state index is -5.08. The molecule has 1 aromatic heterocycles. The lowest BCUT2D eigenvalue weighted by Crippen LogP contribution is -2.36. The average molecular weight is 361 g/mol. The van der Waals surface area contributed by atoms with Crippen molar-refractivity contribution >= 4 is 22.8 Å². The number of carboxylic acid groups (broad SMARTS) is 1. The van der Waals surface area contributed by atoms with E-state index in [-0.39, 0.29) is 17.8 Å². The summed E-state index contributed by atoms with van der Waals surface area (Å²) in [6.45, 7) is 1.71. The fourth-order valence-electron chi connectivity index (χ4n) is 2.28. The van der Waals surface area contributed by atoms with E-state index in [2.05, 4.69) is 15.6 Å². The van der Waals surface area contributed by atoms with Crippen molar-refractivity contribution < 1.29 is 32.3 Å². The molecular formula is C15H15F4N3O3. The minimum absolute atomic E-state index is 0.161. The first-order valence-corrected chi connectivity index (χ1v) is 7.27. The Morgan fingerprint density at radius 1 is 1.28 bits per heavy atom. The zero-order valence-corrected chi connectivity index (χ0v) is 12.8. The van der Waals surface area contributed by atoms with E-state index in [1.807, 2.05) is 0 Å². The second-order valence-electron chi connectivity index (χ2n) is 5.35. The van der Waals surface area contributed by atoms with E-state index in [0.717, 1.165) is 19.5 Å². The number of para-hydroxylation sites is 1. The molecule has 10 heteroatoms. The van der Waals surface area contributed by atoms with Gasteiger partial charge in [-0.25, -0.2) is 9.18 Å². The number of rotatable bonds is 2. The smallest absolute Gasteiger partial charge is 0.475 e. The van der Waals surface area contributed by atoms with E-state index in [1.54, 1.807) is 18.2 Å². The third kappa shape index (κ3) is 4.92. The molecular weight excluding hydrogens is 346 g/mol. The molecule has 0 unspecified atom stereocenters. The van der Waals surface area contributed by atoms with Gasteiger partial charge >= 0.3 is 12.1 Å². The Labute approximate surface area is 139 Å². The molecule has 2 heterocycles. The molecule has 3 rings (SSSR count). The number of carbonyl (C=O) groups is 2. The molecule has 0 bridgehead atoms. The quantitative estimate of drug-likeness (QED) is 0.616. The lowest BCUT2D eigenvalue weighted by molar-refractivity contribution is -0.192. The van der Waals surface area contributed by atoms with E-state index < -0.39 is 12.1 Å². The third-order valence-corrected chi connectivity index (χ3v) is 3.49. The van der Waals surface area contributed by atoms with Crippen molar-refractivity contribution in [1.29, 1.82) is 0 Å². The number of carbonyl (C=O) groups excluding carboxylic acids is 1. The second-order valence-corrected chi connectivity index (χ2v) is 5.35. The van der Waals surface area contributed by atoms with Gasteiger partial charge in [-0.3, -0.25) is 4.79 Å². The van der Waals surface area contributed by atoms with Gasteiger partial charge in [0.25, 0.3) is 5.91 Å². The van der Waals surface area contributed by atoms with Gasteiger partial charge in [0, 0.05) is 18.0 Å². The molecule has 25 heavy (non-hydrogen) atoms. The van der Waals surface area contributed by atoms with Crippen LogP contribution in [0.3, 0.4) is 0 Å². The van der Waals surface area contributed by atoms with Crippen LogP contribution < -0.4 is 10.6 Å². The molecule has 0 aliphatic carbocycles. The lowest BCUT2D eigenvalue weighted by Gasteiger charge is -2.09. The number of halogens is 4.